The maximum absolute atomic E-state index is 12.4. The van der Waals surface area contributed by atoms with Gasteiger partial charge in [-0.2, -0.15) is 0 Å². The zero-order valence-electron chi connectivity index (χ0n) is 13.6. The smallest absolute Gasteiger partial charge is 0.222 e. The van der Waals surface area contributed by atoms with Crippen LogP contribution in [0.3, 0.4) is 0 Å². The van der Waals surface area contributed by atoms with E-state index in [4.69, 9.17) is 9.47 Å². The fourth-order valence-electron chi connectivity index (χ4n) is 3.76. The molecule has 3 aliphatic rings. The first kappa shape index (κ1) is 15.5. The summed E-state index contributed by atoms with van der Waals surface area (Å²) < 4.78 is 11.7. The second-order valence-corrected chi connectivity index (χ2v) is 8.41. The molecule has 1 aromatic heterocycles. The standard InChI is InChI=1S/C17H24N2O3S/c1-12-18-15(8-23-12)7-22-11-17-9-19(5-14(17)6-21-10-17)16(20)4-13-2-3-13/h8,13-14H,2-7,9-11H2,1H3/t14-,17+/m1/s1. The lowest BCUT2D eigenvalue weighted by molar-refractivity contribution is -0.131. The van der Waals surface area contributed by atoms with Crippen LogP contribution < -0.4 is 0 Å². The van der Waals surface area contributed by atoms with Crippen molar-refractivity contribution in [2.75, 3.05) is 32.9 Å². The van der Waals surface area contributed by atoms with Gasteiger partial charge >= 0.3 is 0 Å². The molecule has 1 saturated carbocycles. The number of aromatic nitrogens is 1. The Labute approximate surface area is 141 Å². The van der Waals surface area contributed by atoms with Crippen molar-refractivity contribution in [3.63, 3.8) is 0 Å². The van der Waals surface area contributed by atoms with Crippen molar-refractivity contribution < 1.29 is 14.3 Å². The van der Waals surface area contributed by atoms with E-state index in [0.29, 0.717) is 37.6 Å². The molecular formula is C17H24N2O3S. The Morgan fingerprint density at radius 3 is 3.17 bits per heavy atom. The van der Waals surface area contributed by atoms with Crippen LogP contribution in [0.5, 0.6) is 0 Å². The van der Waals surface area contributed by atoms with Gasteiger partial charge in [0.2, 0.25) is 5.91 Å². The Hall–Kier alpha value is -0.980. The van der Waals surface area contributed by atoms with E-state index in [-0.39, 0.29) is 5.41 Å². The maximum atomic E-state index is 12.4. The Morgan fingerprint density at radius 1 is 1.57 bits per heavy atom. The summed E-state index contributed by atoms with van der Waals surface area (Å²) in [7, 11) is 0. The van der Waals surface area contributed by atoms with Crippen molar-refractivity contribution in [3.05, 3.63) is 16.1 Å². The molecule has 126 valence electrons. The molecule has 5 nitrogen and oxygen atoms in total. The predicted octanol–water partition coefficient (Wildman–Crippen LogP) is 2.24. The van der Waals surface area contributed by atoms with Gasteiger partial charge in [0.05, 0.1) is 37.1 Å². The third-order valence-electron chi connectivity index (χ3n) is 5.34. The summed E-state index contributed by atoms with van der Waals surface area (Å²) in [5.41, 5.74) is 0.989. The van der Waals surface area contributed by atoms with E-state index in [2.05, 4.69) is 15.3 Å². The number of aryl methyl sites for hydroxylation is 1. The highest BCUT2D eigenvalue weighted by Gasteiger charge is 2.52. The van der Waals surface area contributed by atoms with Crippen molar-refractivity contribution in [1.82, 2.24) is 9.88 Å². The minimum absolute atomic E-state index is 0.00965. The molecule has 0 spiro atoms. The molecule has 0 unspecified atom stereocenters. The summed E-state index contributed by atoms with van der Waals surface area (Å²) >= 11 is 1.65. The van der Waals surface area contributed by atoms with E-state index in [1.165, 1.54) is 12.8 Å². The summed E-state index contributed by atoms with van der Waals surface area (Å²) in [6.45, 7) is 6.31. The highest BCUT2D eigenvalue weighted by Crippen LogP contribution is 2.43. The lowest BCUT2D eigenvalue weighted by Gasteiger charge is -2.26. The maximum Gasteiger partial charge on any atom is 0.222 e. The summed E-state index contributed by atoms with van der Waals surface area (Å²) in [5.74, 6) is 1.40. The van der Waals surface area contributed by atoms with Crippen LogP contribution in [0.2, 0.25) is 0 Å². The van der Waals surface area contributed by atoms with Gasteiger partial charge in [0.25, 0.3) is 0 Å². The van der Waals surface area contributed by atoms with E-state index in [1.807, 2.05) is 6.92 Å². The van der Waals surface area contributed by atoms with Crippen molar-refractivity contribution in [3.8, 4) is 0 Å². The minimum atomic E-state index is -0.00965. The molecule has 6 heteroatoms. The molecule has 2 saturated heterocycles. The van der Waals surface area contributed by atoms with Gasteiger partial charge in [-0.15, -0.1) is 11.3 Å². The minimum Gasteiger partial charge on any atom is -0.380 e. The predicted molar refractivity (Wildman–Crippen MR) is 87.2 cm³/mol. The molecule has 3 heterocycles. The van der Waals surface area contributed by atoms with Crippen LogP contribution in [0.1, 0.15) is 30.0 Å². The van der Waals surface area contributed by atoms with E-state index in [9.17, 15) is 4.79 Å². The average Bonchev–Trinajstić information content (AvgIpc) is 2.92. The van der Waals surface area contributed by atoms with Gasteiger partial charge in [-0.25, -0.2) is 4.98 Å². The number of ether oxygens (including phenoxy) is 2. The molecule has 0 bridgehead atoms. The largest absolute Gasteiger partial charge is 0.380 e. The van der Waals surface area contributed by atoms with Crippen molar-refractivity contribution in [1.29, 1.82) is 0 Å². The Kier molecular flexibility index (Phi) is 4.15. The quantitative estimate of drug-likeness (QED) is 0.799. The highest BCUT2D eigenvalue weighted by atomic mass is 32.1. The molecule has 1 aromatic rings. The highest BCUT2D eigenvalue weighted by molar-refractivity contribution is 7.09. The number of amides is 1. The normalized spacial score (nSPS) is 30.0. The molecule has 2 aliphatic heterocycles. The van der Waals surface area contributed by atoms with E-state index < -0.39 is 0 Å². The number of likely N-dealkylation sites (tertiary alicyclic amines) is 1. The number of fused-ring (bicyclic) bond motifs is 1. The van der Waals surface area contributed by atoms with Crippen LogP contribution >= 0.6 is 11.3 Å². The van der Waals surface area contributed by atoms with Crippen LogP contribution in [-0.4, -0.2) is 48.7 Å². The first-order chi connectivity index (χ1) is 11.1. The number of carbonyl (C=O) groups excluding carboxylic acids is 1. The third kappa shape index (κ3) is 3.30. The first-order valence-electron chi connectivity index (χ1n) is 8.49. The second-order valence-electron chi connectivity index (χ2n) is 7.35. The average molecular weight is 336 g/mol. The zero-order chi connectivity index (χ0) is 15.9. The molecule has 0 aromatic carbocycles. The Bertz CT molecular complexity index is 586. The molecule has 4 rings (SSSR count). The van der Waals surface area contributed by atoms with Crippen LogP contribution in [-0.2, 0) is 20.9 Å². The van der Waals surface area contributed by atoms with Crippen molar-refractivity contribution in [2.24, 2.45) is 17.3 Å². The molecule has 2 atom stereocenters. The molecule has 0 N–H and O–H groups in total. The van der Waals surface area contributed by atoms with Gasteiger partial charge in [0.15, 0.2) is 0 Å². The number of hydrogen-bond donors (Lipinski definition) is 0. The molecule has 1 amide bonds. The van der Waals surface area contributed by atoms with Crippen LogP contribution in [0, 0.1) is 24.2 Å². The van der Waals surface area contributed by atoms with Crippen molar-refractivity contribution in [2.45, 2.75) is 32.8 Å². The number of thiazole rings is 1. The second kappa shape index (κ2) is 6.15. The summed E-state index contributed by atoms with van der Waals surface area (Å²) in [5, 5.41) is 3.12. The summed E-state index contributed by atoms with van der Waals surface area (Å²) in [6, 6.07) is 0. The SMILES string of the molecule is Cc1nc(COC[C@]23COC[C@H]2CN(C(=O)CC2CC2)C3)cs1. The van der Waals surface area contributed by atoms with Gasteiger partial charge in [-0.3, -0.25) is 4.79 Å². The third-order valence-corrected chi connectivity index (χ3v) is 6.16. The Balaban J connectivity index is 1.34. The number of hydrogen-bond acceptors (Lipinski definition) is 5. The first-order valence-corrected chi connectivity index (χ1v) is 9.37. The zero-order valence-corrected chi connectivity index (χ0v) is 14.4. The monoisotopic (exact) mass is 336 g/mol. The fourth-order valence-corrected chi connectivity index (χ4v) is 4.35. The lowest BCUT2D eigenvalue weighted by Crippen LogP contribution is -2.37. The van der Waals surface area contributed by atoms with Gasteiger partial charge < -0.3 is 14.4 Å². The summed E-state index contributed by atoms with van der Waals surface area (Å²) in [6.07, 6.45) is 3.20. The number of rotatable bonds is 6. The van der Waals surface area contributed by atoms with E-state index in [1.54, 1.807) is 11.3 Å². The van der Waals surface area contributed by atoms with Gasteiger partial charge in [-0.1, -0.05) is 0 Å². The Morgan fingerprint density at radius 2 is 2.43 bits per heavy atom. The van der Waals surface area contributed by atoms with Gasteiger partial charge in [0, 0.05) is 36.2 Å². The van der Waals surface area contributed by atoms with Gasteiger partial charge in [0.1, 0.15) is 0 Å². The van der Waals surface area contributed by atoms with E-state index >= 15 is 0 Å². The fraction of sp³-hybridized carbons (Fsp3) is 0.765. The van der Waals surface area contributed by atoms with Gasteiger partial charge in [-0.05, 0) is 25.7 Å². The van der Waals surface area contributed by atoms with Crippen LogP contribution in [0.4, 0.5) is 0 Å². The molecular weight excluding hydrogens is 312 g/mol. The van der Waals surface area contributed by atoms with E-state index in [0.717, 1.165) is 36.8 Å². The molecule has 0 radical (unpaired) electrons. The van der Waals surface area contributed by atoms with Crippen LogP contribution in [0.25, 0.3) is 0 Å². The number of nitrogens with zero attached hydrogens (tertiary/aromatic N) is 2. The number of carbonyl (C=O) groups is 1. The summed E-state index contributed by atoms with van der Waals surface area (Å²) in [4.78, 5) is 18.9. The lowest BCUT2D eigenvalue weighted by atomic mass is 9.82. The molecule has 23 heavy (non-hydrogen) atoms. The van der Waals surface area contributed by atoms with Crippen molar-refractivity contribution >= 4 is 17.2 Å². The molecule has 3 fully saturated rings. The molecule has 1 aliphatic carbocycles. The van der Waals surface area contributed by atoms with Crippen LogP contribution in [0.15, 0.2) is 5.38 Å². The topological polar surface area (TPSA) is 51.7 Å².